The van der Waals surface area contributed by atoms with Crippen LogP contribution in [0.4, 0.5) is 8.78 Å². The number of benzene rings is 1. The molecule has 0 amide bonds. The summed E-state index contributed by atoms with van der Waals surface area (Å²) < 4.78 is 36.7. The van der Waals surface area contributed by atoms with E-state index in [1.54, 1.807) is 7.05 Å². The van der Waals surface area contributed by atoms with Crippen LogP contribution in [0, 0.1) is 17.6 Å². The van der Waals surface area contributed by atoms with Crippen LogP contribution in [0.15, 0.2) is 23.2 Å². The Morgan fingerprint density at radius 1 is 1.16 bits per heavy atom. The van der Waals surface area contributed by atoms with Gasteiger partial charge in [0, 0.05) is 32.9 Å². The van der Waals surface area contributed by atoms with Crippen LogP contribution in [0.25, 0.3) is 0 Å². The van der Waals surface area contributed by atoms with E-state index in [0.717, 1.165) is 44.2 Å². The highest BCUT2D eigenvalue weighted by Crippen LogP contribution is 2.28. The van der Waals surface area contributed by atoms with Crippen LogP contribution in [0.3, 0.4) is 0 Å². The summed E-state index contributed by atoms with van der Waals surface area (Å²) in [4.78, 5) is 4.10. The summed E-state index contributed by atoms with van der Waals surface area (Å²) in [7, 11) is 1.69. The molecule has 0 atom stereocenters. The lowest BCUT2D eigenvalue weighted by atomic mass is 10.3. The number of rotatable bonds is 10. The average Bonchev–Trinajstić information content (AvgIpc) is 3.40. The summed E-state index contributed by atoms with van der Waals surface area (Å²) in [6.45, 7) is 3.22. The fourth-order valence-electron chi connectivity index (χ4n) is 2.04. The smallest absolute Gasteiger partial charge is 0.191 e. The minimum absolute atomic E-state index is 0. The monoisotopic (exact) mass is 469 g/mol. The van der Waals surface area contributed by atoms with Crippen molar-refractivity contribution < 1.29 is 18.3 Å². The van der Waals surface area contributed by atoms with Crippen molar-refractivity contribution >= 4 is 29.9 Å². The van der Waals surface area contributed by atoms with Gasteiger partial charge in [0.25, 0.3) is 0 Å². The van der Waals surface area contributed by atoms with Gasteiger partial charge >= 0.3 is 0 Å². The number of ether oxygens (including phenoxy) is 2. The Morgan fingerprint density at radius 2 is 1.92 bits per heavy atom. The Kier molecular flexibility index (Phi) is 10.7. The van der Waals surface area contributed by atoms with Crippen molar-refractivity contribution in [2.45, 2.75) is 19.3 Å². The lowest BCUT2D eigenvalue weighted by molar-refractivity contribution is 0.123. The number of hydrogen-bond donors (Lipinski definition) is 2. The molecule has 1 aromatic rings. The van der Waals surface area contributed by atoms with Crippen LogP contribution in [0.2, 0.25) is 0 Å². The van der Waals surface area contributed by atoms with E-state index in [2.05, 4.69) is 15.6 Å². The van der Waals surface area contributed by atoms with Crippen LogP contribution < -0.4 is 15.4 Å². The Balaban J connectivity index is 0.00000312. The highest BCUT2D eigenvalue weighted by Gasteiger charge is 2.20. The van der Waals surface area contributed by atoms with Crippen molar-refractivity contribution in [3.8, 4) is 5.75 Å². The fourth-order valence-corrected chi connectivity index (χ4v) is 2.04. The molecule has 142 valence electrons. The van der Waals surface area contributed by atoms with Gasteiger partial charge in [0.05, 0.1) is 6.54 Å². The molecule has 25 heavy (non-hydrogen) atoms. The second kappa shape index (κ2) is 12.2. The molecular formula is C17H26F2IN3O2. The molecule has 5 nitrogen and oxygen atoms in total. The molecule has 2 rings (SSSR count). The van der Waals surface area contributed by atoms with Gasteiger partial charge in [0.15, 0.2) is 17.6 Å². The lowest BCUT2D eigenvalue weighted by Crippen LogP contribution is -2.39. The van der Waals surface area contributed by atoms with E-state index in [1.165, 1.54) is 18.9 Å². The van der Waals surface area contributed by atoms with Crippen LogP contribution >= 0.6 is 24.0 Å². The molecule has 0 radical (unpaired) electrons. The molecular weight excluding hydrogens is 443 g/mol. The molecule has 1 saturated carbocycles. The highest BCUT2D eigenvalue weighted by molar-refractivity contribution is 14.0. The molecule has 0 aromatic heterocycles. The van der Waals surface area contributed by atoms with Crippen molar-refractivity contribution in [3.63, 3.8) is 0 Å². The zero-order chi connectivity index (χ0) is 17.2. The lowest BCUT2D eigenvalue weighted by Gasteiger charge is -2.12. The summed E-state index contributed by atoms with van der Waals surface area (Å²) in [6, 6.07) is 3.47. The van der Waals surface area contributed by atoms with E-state index < -0.39 is 11.6 Å². The summed E-state index contributed by atoms with van der Waals surface area (Å²) in [5, 5.41) is 6.27. The van der Waals surface area contributed by atoms with Gasteiger partial charge < -0.3 is 20.1 Å². The number of aliphatic imine (C=N–C) groups is 1. The van der Waals surface area contributed by atoms with Gasteiger partial charge in [-0.1, -0.05) is 0 Å². The van der Waals surface area contributed by atoms with Gasteiger partial charge in [-0.2, -0.15) is 0 Å². The molecule has 0 bridgehead atoms. The van der Waals surface area contributed by atoms with E-state index in [4.69, 9.17) is 9.47 Å². The first-order chi connectivity index (χ1) is 11.7. The van der Waals surface area contributed by atoms with Crippen LogP contribution in [-0.4, -0.2) is 45.9 Å². The van der Waals surface area contributed by atoms with E-state index in [1.807, 2.05) is 0 Å². The van der Waals surface area contributed by atoms with Crippen molar-refractivity contribution in [2.24, 2.45) is 10.9 Å². The molecule has 1 aliphatic carbocycles. The van der Waals surface area contributed by atoms with Crippen molar-refractivity contribution in [2.75, 3.05) is 40.0 Å². The van der Waals surface area contributed by atoms with E-state index in [-0.39, 0.29) is 24.0 Å². The molecule has 1 aliphatic rings. The minimum Gasteiger partial charge on any atom is -0.492 e. The number of nitrogens with one attached hydrogen (secondary N) is 2. The maximum absolute atomic E-state index is 13.0. The normalized spacial score (nSPS) is 14.0. The van der Waals surface area contributed by atoms with Crippen molar-refractivity contribution in [1.82, 2.24) is 10.6 Å². The third-order valence-electron chi connectivity index (χ3n) is 3.59. The Bertz CT molecular complexity index is 543. The SMILES string of the molecule is CN=C(NCCCOCC1CC1)NCCOc1ccc(F)c(F)c1.I. The molecule has 0 saturated heterocycles. The second-order valence-electron chi connectivity index (χ2n) is 5.72. The number of guanidine groups is 1. The molecule has 1 fully saturated rings. The maximum Gasteiger partial charge on any atom is 0.191 e. The number of halogens is 3. The standard InChI is InChI=1S/C17H25F2N3O2.HI/c1-20-17(21-7-2-9-23-12-13-3-4-13)22-8-10-24-14-5-6-15(18)16(19)11-14;/h5-6,11,13H,2-4,7-10,12H2,1H3,(H2,20,21,22);1H. The third kappa shape index (κ3) is 9.20. The van der Waals surface area contributed by atoms with Gasteiger partial charge in [-0.25, -0.2) is 8.78 Å². The first-order valence-electron chi connectivity index (χ1n) is 8.29. The zero-order valence-electron chi connectivity index (χ0n) is 14.4. The van der Waals surface area contributed by atoms with Crippen LogP contribution in [0.5, 0.6) is 5.75 Å². The van der Waals surface area contributed by atoms with Crippen LogP contribution in [0.1, 0.15) is 19.3 Å². The van der Waals surface area contributed by atoms with E-state index >= 15 is 0 Å². The number of hydrogen-bond acceptors (Lipinski definition) is 3. The summed E-state index contributed by atoms with van der Waals surface area (Å²) in [5.41, 5.74) is 0. The summed E-state index contributed by atoms with van der Waals surface area (Å²) in [5.74, 6) is -0.0347. The van der Waals surface area contributed by atoms with E-state index in [9.17, 15) is 8.78 Å². The average molecular weight is 469 g/mol. The van der Waals surface area contributed by atoms with Crippen molar-refractivity contribution in [3.05, 3.63) is 29.8 Å². The fraction of sp³-hybridized carbons (Fsp3) is 0.588. The Labute approximate surface area is 164 Å². The second-order valence-corrected chi connectivity index (χ2v) is 5.72. The molecule has 0 heterocycles. The molecule has 0 spiro atoms. The molecule has 0 unspecified atom stereocenters. The molecule has 1 aromatic carbocycles. The Morgan fingerprint density at radius 3 is 2.60 bits per heavy atom. The minimum atomic E-state index is -0.915. The van der Waals surface area contributed by atoms with Gasteiger partial charge in [0.2, 0.25) is 0 Å². The quantitative estimate of drug-likeness (QED) is 0.240. The van der Waals surface area contributed by atoms with Crippen LogP contribution in [-0.2, 0) is 4.74 Å². The largest absolute Gasteiger partial charge is 0.492 e. The van der Waals surface area contributed by atoms with Gasteiger partial charge in [-0.15, -0.1) is 24.0 Å². The third-order valence-corrected chi connectivity index (χ3v) is 3.59. The summed E-state index contributed by atoms with van der Waals surface area (Å²) in [6.07, 6.45) is 3.53. The van der Waals surface area contributed by atoms with Gasteiger partial charge in [-0.05, 0) is 37.3 Å². The van der Waals surface area contributed by atoms with Gasteiger partial charge in [0.1, 0.15) is 12.4 Å². The first kappa shape index (κ1) is 21.9. The maximum atomic E-state index is 13.0. The molecule has 2 N–H and O–H groups in total. The predicted octanol–water partition coefficient (Wildman–Crippen LogP) is 2.94. The highest BCUT2D eigenvalue weighted by atomic mass is 127. The first-order valence-corrected chi connectivity index (χ1v) is 8.29. The predicted molar refractivity (Wildman–Crippen MR) is 105 cm³/mol. The zero-order valence-corrected chi connectivity index (χ0v) is 16.7. The number of nitrogens with zero attached hydrogens (tertiary/aromatic N) is 1. The van der Waals surface area contributed by atoms with E-state index in [0.29, 0.717) is 24.9 Å². The topological polar surface area (TPSA) is 54.9 Å². The molecule has 8 heteroatoms. The molecule has 0 aliphatic heterocycles. The Hall–Kier alpha value is -1.16. The van der Waals surface area contributed by atoms with Crippen molar-refractivity contribution in [1.29, 1.82) is 0 Å². The van der Waals surface area contributed by atoms with Gasteiger partial charge in [-0.3, -0.25) is 4.99 Å². The summed E-state index contributed by atoms with van der Waals surface area (Å²) >= 11 is 0.